The Morgan fingerprint density at radius 2 is 2.07 bits per heavy atom. The normalized spacial score (nSPS) is 9.29. The monoisotopic (exact) mass is 217 g/mol. The molecule has 0 aliphatic rings. The van der Waals surface area contributed by atoms with E-state index in [1.165, 1.54) is 17.8 Å². The molecule has 0 aromatic rings. The summed E-state index contributed by atoms with van der Waals surface area (Å²) in [6, 6.07) is 0. The predicted octanol–water partition coefficient (Wildman–Crippen LogP) is 0.887. The van der Waals surface area contributed by atoms with Crippen molar-refractivity contribution in [3.63, 3.8) is 0 Å². The maximum atomic E-state index is 11.0. The van der Waals surface area contributed by atoms with E-state index in [2.05, 4.69) is 5.32 Å². The number of rotatable bonds is 6. The first-order chi connectivity index (χ1) is 6.52. The third-order valence-corrected chi connectivity index (χ3v) is 2.13. The van der Waals surface area contributed by atoms with Crippen LogP contribution in [0.3, 0.4) is 0 Å². The first-order valence-corrected chi connectivity index (χ1v) is 5.40. The van der Waals surface area contributed by atoms with Crippen LogP contribution in [0, 0.1) is 0 Å². The number of hydrogen-bond donors (Lipinski definition) is 2. The molecular formula is C9H15NO3S. The molecule has 0 heterocycles. The van der Waals surface area contributed by atoms with Gasteiger partial charge in [-0.15, -0.1) is 11.8 Å². The van der Waals surface area contributed by atoms with Gasteiger partial charge in [-0.2, -0.15) is 0 Å². The average Bonchev–Trinajstić information content (AvgIpc) is 2.01. The van der Waals surface area contributed by atoms with Crippen molar-refractivity contribution in [2.24, 2.45) is 0 Å². The van der Waals surface area contributed by atoms with E-state index in [0.717, 1.165) is 5.57 Å². The van der Waals surface area contributed by atoms with Gasteiger partial charge in [0, 0.05) is 18.4 Å². The van der Waals surface area contributed by atoms with E-state index in [1.54, 1.807) is 0 Å². The van der Waals surface area contributed by atoms with Gasteiger partial charge in [-0.25, -0.2) is 0 Å². The summed E-state index contributed by atoms with van der Waals surface area (Å²) in [6.07, 6.45) is 1.52. The second-order valence-corrected chi connectivity index (χ2v) is 4.06. The van der Waals surface area contributed by atoms with Gasteiger partial charge < -0.3 is 10.4 Å². The number of carbonyl (C=O) groups excluding carboxylic acids is 1. The molecule has 0 unspecified atom stereocenters. The lowest BCUT2D eigenvalue weighted by atomic mass is 10.3. The van der Waals surface area contributed by atoms with Gasteiger partial charge in [0.25, 0.3) is 0 Å². The Balaban J connectivity index is 3.41. The van der Waals surface area contributed by atoms with Crippen molar-refractivity contribution in [2.45, 2.75) is 13.8 Å². The van der Waals surface area contributed by atoms with Crippen LogP contribution in [0.15, 0.2) is 11.6 Å². The lowest BCUT2D eigenvalue weighted by Crippen LogP contribution is -2.24. The minimum atomic E-state index is -0.828. The van der Waals surface area contributed by atoms with Crippen LogP contribution in [0.1, 0.15) is 13.8 Å². The predicted molar refractivity (Wildman–Crippen MR) is 57.4 cm³/mol. The molecule has 0 aromatic heterocycles. The molecule has 0 saturated carbocycles. The summed E-state index contributed by atoms with van der Waals surface area (Å²) in [5.41, 5.74) is 0.945. The van der Waals surface area contributed by atoms with Crippen molar-refractivity contribution >= 4 is 23.6 Å². The van der Waals surface area contributed by atoms with Gasteiger partial charge in [-0.3, -0.25) is 9.59 Å². The zero-order valence-electron chi connectivity index (χ0n) is 8.37. The summed E-state index contributed by atoms with van der Waals surface area (Å²) in [5, 5.41) is 11.0. The fraction of sp³-hybridized carbons (Fsp3) is 0.556. The summed E-state index contributed by atoms with van der Waals surface area (Å²) in [6.45, 7) is 4.19. The van der Waals surface area contributed by atoms with Crippen molar-refractivity contribution in [3.8, 4) is 0 Å². The third kappa shape index (κ3) is 9.12. The highest BCUT2D eigenvalue weighted by Gasteiger charge is 1.98. The molecule has 0 aliphatic heterocycles. The molecule has 0 atom stereocenters. The van der Waals surface area contributed by atoms with Crippen LogP contribution in [0.5, 0.6) is 0 Å². The number of amides is 1. The Bertz CT molecular complexity index is 234. The van der Waals surface area contributed by atoms with Gasteiger partial charge in [-0.05, 0) is 13.8 Å². The topological polar surface area (TPSA) is 66.4 Å². The van der Waals surface area contributed by atoms with Crippen LogP contribution in [0.2, 0.25) is 0 Å². The van der Waals surface area contributed by atoms with Gasteiger partial charge in [0.1, 0.15) is 0 Å². The summed E-state index contributed by atoms with van der Waals surface area (Å²) >= 11 is 1.29. The average molecular weight is 217 g/mol. The number of thioether (sulfide) groups is 1. The molecule has 1 amide bonds. The van der Waals surface area contributed by atoms with E-state index in [9.17, 15) is 9.59 Å². The van der Waals surface area contributed by atoms with Crippen molar-refractivity contribution in [1.82, 2.24) is 5.32 Å². The zero-order valence-corrected chi connectivity index (χ0v) is 9.19. The molecule has 4 nitrogen and oxygen atoms in total. The number of allylic oxidation sites excluding steroid dienone is 1. The summed E-state index contributed by atoms with van der Waals surface area (Å²) in [5.74, 6) is -0.251. The smallest absolute Gasteiger partial charge is 0.313 e. The summed E-state index contributed by atoms with van der Waals surface area (Å²) in [7, 11) is 0. The van der Waals surface area contributed by atoms with Crippen LogP contribution in [-0.4, -0.2) is 35.0 Å². The van der Waals surface area contributed by atoms with Crippen molar-refractivity contribution in [2.75, 3.05) is 18.1 Å². The lowest BCUT2D eigenvalue weighted by molar-refractivity contribution is -0.133. The molecule has 80 valence electrons. The molecule has 0 radical (unpaired) electrons. The SMILES string of the molecule is CC(C)=CC(=O)NCCSCC(=O)O. The molecule has 0 spiro atoms. The Labute approximate surface area is 87.8 Å². The van der Waals surface area contributed by atoms with E-state index < -0.39 is 5.97 Å². The maximum absolute atomic E-state index is 11.0. The Morgan fingerprint density at radius 3 is 2.57 bits per heavy atom. The first-order valence-electron chi connectivity index (χ1n) is 4.24. The van der Waals surface area contributed by atoms with Crippen LogP contribution in [0.4, 0.5) is 0 Å². The van der Waals surface area contributed by atoms with Gasteiger partial charge >= 0.3 is 5.97 Å². The van der Waals surface area contributed by atoms with Gasteiger partial charge in [-0.1, -0.05) is 5.57 Å². The van der Waals surface area contributed by atoms with Crippen LogP contribution < -0.4 is 5.32 Å². The molecule has 0 fully saturated rings. The van der Waals surface area contributed by atoms with Crippen molar-refractivity contribution < 1.29 is 14.7 Å². The summed E-state index contributed by atoms with van der Waals surface area (Å²) < 4.78 is 0. The minimum Gasteiger partial charge on any atom is -0.481 e. The van der Waals surface area contributed by atoms with E-state index in [-0.39, 0.29) is 11.7 Å². The number of aliphatic carboxylic acids is 1. The van der Waals surface area contributed by atoms with Crippen LogP contribution >= 0.6 is 11.8 Å². The quantitative estimate of drug-likeness (QED) is 0.512. The fourth-order valence-electron chi connectivity index (χ4n) is 0.719. The number of carboxylic acid groups (broad SMARTS) is 1. The van der Waals surface area contributed by atoms with Gasteiger partial charge in [0.05, 0.1) is 5.75 Å². The number of carboxylic acids is 1. The summed E-state index contributed by atoms with van der Waals surface area (Å²) in [4.78, 5) is 21.2. The highest BCUT2D eigenvalue weighted by molar-refractivity contribution is 7.99. The standard InChI is InChI=1S/C9H15NO3S/c1-7(2)5-8(11)10-3-4-14-6-9(12)13/h5H,3-4,6H2,1-2H3,(H,10,11)(H,12,13). The van der Waals surface area contributed by atoms with E-state index in [0.29, 0.717) is 12.3 Å². The highest BCUT2D eigenvalue weighted by atomic mass is 32.2. The molecule has 0 bridgehead atoms. The molecule has 5 heteroatoms. The maximum Gasteiger partial charge on any atom is 0.313 e. The molecule has 0 rings (SSSR count). The first kappa shape index (κ1) is 13.0. The largest absolute Gasteiger partial charge is 0.481 e. The molecular weight excluding hydrogens is 202 g/mol. The fourth-order valence-corrected chi connectivity index (χ4v) is 1.28. The molecule has 0 saturated heterocycles. The zero-order chi connectivity index (χ0) is 11.0. The second-order valence-electron chi connectivity index (χ2n) is 2.96. The van der Waals surface area contributed by atoms with Gasteiger partial charge in [0.2, 0.25) is 5.91 Å². The minimum absolute atomic E-state index is 0.0819. The van der Waals surface area contributed by atoms with Crippen molar-refractivity contribution in [3.05, 3.63) is 11.6 Å². The Kier molecular flexibility index (Phi) is 6.92. The molecule has 2 N–H and O–H groups in total. The van der Waals surface area contributed by atoms with Crippen molar-refractivity contribution in [1.29, 1.82) is 0 Å². The Hall–Kier alpha value is -0.970. The van der Waals surface area contributed by atoms with E-state index in [1.807, 2.05) is 13.8 Å². The van der Waals surface area contributed by atoms with Crippen LogP contribution in [0.25, 0.3) is 0 Å². The van der Waals surface area contributed by atoms with E-state index in [4.69, 9.17) is 5.11 Å². The molecule has 14 heavy (non-hydrogen) atoms. The number of hydrogen-bond acceptors (Lipinski definition) is 3. The third-order valence-electron chi connectivity index (χ3n) is 1.19. The molecule has 0 aromatic carbocycles. The lowest BCUT2D eigenvalue weighted by Gasteiger charge is -2.00. The number of nitrogens with one attached hydrogen (secondary N) is 1. The number of carbonyl (C=O) groups is 2. The van der Waals surface area contributed by atoms with Crippen LogP contribution in [-0.2, 0) is 9.59 Å². The Morgan fingerprint density at radius 1 is 1.43 bits per heavy atom. The highest BCUT2D eigenvalue weighted by Crippen LogP contribution is 1.96. The molecule has 0 aliphatic carbocycles. The van der Waals surface area contributed by atoms with E-state index >= 15 is 0 Å². The second kappa shape index (κ2) is 7.44. The van der Waals surface area contributed by atoms with Gasteiger partial charge in [0.15, 0.2) is 0 Å².